The summed E-state index contributed by atoms with van der Waals surface area (Å²) in [6.07, 6.45) is 2.14. The first-order valence-electron chi connectivity index (χ1n) is 5.34. The molecule has 0 bridgehead atoms. The van der Waals surface area contributed by atoms with Crippen molar-refractivity contribution in [2.75, 3.05) is 7.05 Å². The van der Waals surface area contributed by atoms with Crippen LogP contribution in [0.2, 0.25) is 0 Å². The zero-order chi connectivity index (χ0) is 13.7. The van der Waals surface area contributed by atoms with Gasteiger partial charge in [0.05, 0.1) is 4.61 Å². The lowest BCUT2D eigenvalue weighted by Gasteiger charge is -2.15. The second-order valence-corrected chi connectivity index (χ2v) is 5.64. The van der Waals surface area contributed by atoms with Crippen molar-refractivity contribution in [3.63, 3.8) is 0 Å². The van der Waals surface area contributed by atoms with Crippen molar-refractivity contribution in [2.24, 2.45) is 5.10 Å². The Balaban J connectivity index is 2.94. The van der Waals surface area contributed by atoms with Gasteiger partial charge in [-0.2, -0.15) is 5.10 Å². The number of aliphatic hydroxyl groups is 1. The minimum absolute atomic E-state index is 0.125. The number of hydrogen-bond donors (Lipinski definition) is 5. The Morgan fingerprint density at radius 2 is 2.22 bits per heavy atom. The molecule has 0 saturated heterocycles. The fourth-order valence-electron chi connectivity index (χ4n) is 1.25. The summed E-state index contributed by atoms with van der Waals surface area (Å²) in [6, 6.07) is 0.408. The maximum atomic E-state index is 10.2. The lowest BCUT2D eigenvalue weighted by atomic mass is 10.1. The molecule has 1 aliphatic carbocycles. The van der Waals surface area contributed by atoms with E-state index in [9.17, 15) is 5.11 Å². The SMILES string of the molecule is CN/N=C(\C(=N)I)C(O)/C(C=N)=C(\Br)NC1CC1. The van der Waals surface area contributed by atoms with Gasteiger partial charge in [0.2, 0.25) is 0 Å². The summed E-state index contributed by atoms with van der Waals surface area (Å²) in [5.41, 5.74) is 3.09. The molecule has 5 N–H and O–H groups in total. The Morgan fingerprint density at radius 1 is 1.61 bits per heavy atom. The Hall–Kier alpha value is -0.480. The average Bonchev–Trinajstić information content (AvgIpc) is 3.09. The monoisotopic (exact) mass is 427 g/mol. The summed E-state index contributed by atoms with van der Waals surface area (Å²) in [5.74, 6) is 0. The molecule has 0 radical (unpaired) electrons. The van der Waals surface area contributed by atoms with Crippen molar-refractivity contribution < 1.29 is 5.11 Å². The van der Waals surface area contributed by atoms with Gasteiger partial charge in [-0.05, 0) is 51.4 Å². The summed E-state index contributed by atoms with van der Waals surface area (Å²) in [4.78, 5) is 0. The van der Waals surface area contributed by atoms with Crippen LogP contribution in [0.15, 0.2) is 15.3 Å². The highest BCUT2D eigenvalue weighted by Crippen LogP contribution is 2.24. The number of nitrogens with one attached hydrogen (secondary N) is 4. The molecule has 1 fully saturated rings. The molecule has 0 heterocycles. The van der Waals surface area contributed by atoms with Gasteiger partial charge < -0.3 is 21.3 Å². The first-order chi connectivity index (χ1) is 8.51. The highest BCUT2D eigenvalue weighted by Gasteiger charge is 2.26. The van der Waals surface area contributed by atoms with Gasteiger partial charge in [0, 0.05) is 24.9 Å². The summed E-state index contributed by atoms with van der Waals surface area (Å²) in [5, 5.41) is 32.2. The van der Waals surface area contributed by atoms with Crippen molar-refractivity contribution in [1.29, 1.82) is 10.8 Å². The quantitative estimate of drug-likeness (QED) is 0.183. The van der Waals surface area contributed by atoms with Crippen molar-refractivity contribution in [3.8, 4) is 0 Å². The van der Waals surface area contributed by atoms with Gasteiger partial charge in [-0.25, -0.2) is 0 Å². The third kappa shape index (κ3) is 4.32. The van der Waals surface area contributed by atoms with E-state index < -0.39 is 6.10 Å². The number of rotatable bonds is 7. The van der Waals surface area contributed by atoms with E-state index in [4.69, 9.17) is 10.8 Å². The van der Waals surface area contributed by atoms with Gasteiger partial charge in [-0.3, -0.25) is 5.41 Å². The number of hydrogen-bond acceptors (Lipinski definition) is 6. The highest BCUT2D eigenvalue weighted by atomic mass is 127. The van der Waals surface area contributed by atoms with Gasteiger partial charge in [0.25, 0.3) is 0 Å². The van der Waals surface area contributed by atoms with Crippen molar-refractivity contribution in [2.45, 2.75) is 25.0 Å². The van der Waals surface area contributed by atoms with Crippen LogP contribution in [0.25, 0.3) is 0 Å². The molecule has 1 saturated carbocycles. The summed E-state index contributed by atoms with van der Waals surface area (Å²) < 4.78 is 0.703. The molecule has 1 rings (SSSR count). The van der Waals surface area contributed by atoms with Crippen LogP contribution in [0.3, 0.4) is 0 Å². The Kier molecular flexibility index (Phi) is 6.22. The fraction of sp³-hybridized carbons (Fsp3) is 0.500. The molecule has 1 aliphatic rings. The molecular formula is C10H15BrIN5O. The topological polar surface area (TPSA) is 104 Å². The fourth-order valence-corrected chi connectivity index (χ4v) is 2.32. The lowest BCUT2D eigenvalue weighted by molar-refractivity contribution is 0.283. The molecule has 0 aromatic heterocycles. The van der Waals surface area contributed by atoms with Gasteiger partial charge >= 0.3 is 0 Å². The normalized spacial score (nSPS) is 18.8. The van der Waals surface area contributed by atoms with E-state index in [1.165, 1.54) is 0 Å². The van der Waals surface area contributed by atoms with E-state index in [1.54, 1.807) is 29.6 Å². The van der Waals surface area contributed by atoms with Crippen molar-refractivity contribution in [1.82, 2.24) is 10.7 Å². The standard InChI is InChI=1S/C10H15BrIN5O/c1-15-17-7(10(12)14)8(18)6(4-13)9(11)16-5-2-3-5/h4-5,8,13-16,18H,2-3H2,1H3/b9-6+,13-4?,14-10?,17-7-. The van der Waals surface area contributed by atoms with Crippen LogP contribution >= 0.6 is 38.5 Å². The Labute approximate surface area is 128 Å². The van der Waals surface area contributed by atoms with E-state index in [2.05, 4.69) is 31.8 Å². The highest BCUT2D eigenvalue weighted by molar-refractivity contribution is 14.1. The van der Waals surface area contributed by atoms with Gasteiger partial charge in [0.15, 0.2) is 0 Å². The van der Waals surface area contributed by atoms with Crippen LogP contribution in [0.1, 0.15) is 12.8 Å². The summed E-state index contributed by atoms with van der Waals surface area (Å²) >= 11 is 5.10. The predicted molar refractivity (Wildman–Crippen MR) is 85.1 cm³/mol. The number of nitrogens with zero attached hydrogens (tertiary/aromatic N) is 1. The van der Waals surface area contributed by atoms with Crippen LogP contribution in [0.5, 0.6) is 0 Å². The molecule has 0 aliphatic heterocycles. The minimum atomic E-state index is -1.11. The van der Waals surface area contributed by atoms with Crippen LogP contribution < -0.4 is 10.7 Å². The van der Waals surface area contributed by atoms with E-state index in [0.29, 0.717) is 16.2 Å². The number of aliphatic hydroxyl groups excluding tert-OH is 1. The zero-order valence-electron chi connectivity index (χ0n) is 9.80. The molecule has 8 heteroatoms. The summed E-state index contributed by atoms with van der Waals surface area (Å²) in [6.45, 7) is 0. The minimum Gasteiger partial charge on any atom is -0.382 e. The average molecular weight is 428 g/mol. The largest absolute Gasteiger partial charge is 0.382 e. The van der Waals surface area contributed by atoms with Crippen molar-refractivity contribution >= 4 is 54.2 Å². The maximum Gasteiger partial charge on any atom is 0.129 e. The molecule has 0 aromatic rings. The van der Waals surface area contributed by atoms with Crippen molar-refractivity contribution in [3.05, 3.63) is 10.2 Å². The third-order valence-corrected chi connectivity index (χ3v) is 3.57. The number of halogens is 2. The summed E-state index contributed by atoms with van der Waals surface area (Å²) in [7, 11) is 1.59. The van der Waals surface area contributed by atoms with E-state index in [1.807, 2.05) is 0 Å². The van der Waals surface area contributed by atoms with Gasteiger partial charge in [0.1, 0.15) is 15.5 Å². The first kappa shape index (κ1) is 15.6. The molecule has 6 nitrogen and oxygen atoms in total. The van der Waals surface area contributed by atoms with Gasteiger partial charge in [-0.1, -0.05) is 0 Å². The Morgan fingerprint density at radius 3 is 2.61 bits per heavy atom. The van der Waals surface area contributed by atoms with E-state index in [0.717, 1.165) is 19.1 Å². The lowest BCUT2D eigenvalue weighted by Crippen LogP contribution is -2.31. The van der Waals surface area contributed by atoms with E-state index >= 15 is 0 Å². The molecular weight excluding hydrogens is 413 g/mol. The van der Waals surface area contributed by atoms with Gasteiger partial charge in [-0.15, -0.1) is 0 Å². The molecule has 1 unspecified atom stereocenters. The van der Waals surface area contributed by atoms with Crippen LogP contribution in [0, 0.1) is 10.8 Å². The maximum absolute atomic E-state index is 10.2. The van der Waals surface area contributed by atoms with E-state index in [-0.39, 0.29) is 9.43 Å². The predicted octanol–water partition coefficient (Wildman–Crippen LogP) is 1.34. The zero-order valence-corrected chi connectivity index (χ0v) is 13.5. The third-order valence-electron chi connectivity index (χ3n) is 2.33. The smallest absolute Gasteiger partial charge is 0.129 e. The van der Waals surface area contributed by atoms with Crippen LogP contribution in [-0.2, 0) is 0 Å². The molecule has 0 spiro atoms. The molecule has 0 aromatic carbocycles. The molecule has 0 amide bonds. The molecule has 18 heavy (non-hydrogen) atoms. The van der Waals surface area contributed by atoms with Crippen LogP contribution in [-0.4, -0.2) is 39.9 Å². The first-order valence-corrected chi connectivity index (χ1v) is 7.21. The second kappa shape index (κ2) is 7.19. The molecule has 1 atom stereocenters. The molecule has 100 valence electrons. The number of hydrazone groups is 1. The Bertz CT molecular complexity index is 405. The second-order valence-electron chi connectivity index (χ2n) is 3.77. The van der Waals surface area contributed by atoms with Crippen LogP contribution in [0.4, 0.5) is 0 Å².